The molecule has 0 aromatic heterocycles. The molecule has 0 spiro atoms. The van der Waals surface area contributed by atoms with E-state index in [0.717, 1.165) is 18.5 Å². The Bertz CT molecular complexity index is 411. The molecule has 1 N–H and O–H groups in total. The molecule has 19 heavy (non-hydrogen) atoms. The van der Waals surface area contributed by atoms with Crippen molar-refractivity contribution in [3.63, 3.8) is 0 Å². The Morgan fingerprint density at radius 3 is 2.74 bits per heavy atom. The smallest absolute Gasteiger partial charge is 0.0104 e. The molecule has 0 bridgehead atoms. The molecule has 1 fully saturated rings. The van der Waals surface area contributed by atoms with E-state index in [-0.39, 0.29) is 0 Å². The van der Waals surface area contributed by atoms with Crippen molar-refractivity contribution < 1.29 is 0 Å². The first-order chi connectivity index (χ1) is 9.31. The van der Waals surface area contributed by atoms with Crippen LogP contribution in [0.3, 0.4) is 0 Å². The van der Waals surface area contributed by atoms with Crippen LogP contribution in [0.1, 0.15) is 30.4 Å². The Morgan fingerprint density at radius 1 is 1.16 bits per heavy atom. The van der Waals surface area contributed by atoms with Crippen LogP contribution in [0.5, 0.6) is 0 Å². The van der Waals surface area contributed by atoms with E-state index in [4.69, 9.17) is 0 Å². The number of likely N-dealkylation sites (N-methyl/N-ethyl adjacent to an activating group) is 1. The van der Waals surface area contributed by atoms with Gasteiger partial charge in [0, 0.05) is 25.7 Å². The number of nitrogens with zero attached hydrogens (tertiary/aromatic N) is 1. The summed E-state index contributed by atoms with van der Waals surface area (Å²) in [6.07, 6.45) is 6.69. The zero-order valence-corrected chi connectivity index (χ0v) is 12.1. The van der Waals surface area contributed by atoms with Crippen LogP contribution in [0.2, 0.25) is 0 Å². The van der Waals surface area contributed by atoms with Crippen LogP contribution in [0.25, 0.3) is 0 Å². The zero-order valence-electron chi connectivity index (χ0n) is 12.1. The summed E-state index contributed by atoms with van der Waals surface area (Å²) in [5, 5.41) is 3.60. The lowest BCUT2D eigenvalue weighted by atomic mass is 9.84. The van der Waals surface area contributed by atoms with E-state index >= 15 is 0 Å². The monoisotopic (exact) mass is 258 g/mol. The third-order valence-electron chi connectivity index (χ3n) is 4.52. The minimum atomic E-state index is 0.843. The Kier molecular flexibility index (Phi) is 4.19. The molecule has 0 saturated heterocycles. The Balaban J connectivity index is 1.42. The highest BCUT2D eigenvalue weighted by Crippen LogP contribution is 2.25. The average molecular weight is 258 g/mol. The quantitative estimate of drug-likeness (QED) is 0.843. The van der Waals surface area contributed by atoms with Crippen molar-refractivity contribution in [1.29, 1.82) is 0 Å². The average Bonchev–Trinajstić information content (AvgIpc) is 3.23. The molecule has 1 unspecified atom stereocenters. The standard InChI is InChI=1S/C17H26N2/c1-19(11-10-18-17-8-9-17)13-14-6-7-15-4-2-3-5-16(15)12-14/h2-5,14,17-18H,6-13H2,1H3. The van der Waals surface area contributed by atoms with Gasteiger partial charge in [-0.15, -0.1) is 0 Å². The number of rotatable bonds is 6. The van der Waals surface area contributed by atoms with Gasteiger partial charge >= 0.3 is 0 Å². The molecule has 2 aliphatic rings. The molecule has 2 heteroatoms. The van der Waals surface area contributed by atoms with E-state index in [0.29, 0.717) is 0 Å². The molecule has 1 atom stereocenters. The molecule has 0 heterocycles. The van der Waals surface area contributed by atoms with Gasteiger partial charge in [-0.3, -0.25) is 0 Å². The van der Waals surface area contributed by atoms with Crippen molar-refractivity contribution in [1.82, 2.24) is 10.2 Å². The van der Waals surface area contributed by atoms with Gasteiger partial charge in [0.25, 0.3) is 0 Å². The first kappa shape index (κ1) is 13.1. The molecule has 0 aliphatic heterocycles. The SMILES string of the molecule is CN(CCNC1CC1)CC1CCc2ccccc2C1. The van der Waals surface area contributed by atoms with Gasteiger partial charge in [-0.25, -0.2) is 0 Å². The van der Waals surface area contributed by atoms with Gasteiger partial charge in [0.2, 0.25) is 0 Å². The van der Waals surface area contributed by atoms with Crippen LogP contribution >= 0.6 is 0 Å². The summed E-state index contributed by atoms with van der Waals surface area (Å²) in [6.45, 7) is 3.60. The normalized spacial score (nSPS) is 22.5. The maximum absolute atomic E-state index is 3.60. The summed E-state index contributed by atoms with van der Waals surface area (Å²) in [7, 11) is 2.27. The van der Waals surface area contributed by atoms with Crippen LogP contribution in [-0.4, -0.2) is 37.6 Å². The summed E-state index contributed by atoms with van der Waals surface area (Å²) in [5.74, 6) is 0.848. The van der Waals surface area contributed by atoms with Crippen molar-refractivity contribution in [3.8, 4) is 0 Å². The van der Waals surface area contributed by atoms with Gasteiger partial charge in [0.05, 0.1) is 0 Å². The number of benzene rings is 1. The third kappa shape index (κ3) is 3.80. The molecular weight excluding hydrogens is 232 g/mol. The van der Waals surface area contributed by atoms with E-state index in [1.54, 1.807) is 11.1 Å². The van der Waals surface area contributed by atoms with Crippen molar-refractivity contribution in [2.75, 3.05) is 26.7 Å². The van der Waals surface area contributed by atoms with Gasteiger partial charge in [-0.1, -0.05) is 24.3 Å². The lowest BCUT2D eigenvalue weighted by molar-refractivity contribution is 0.260. The van der Waals surface area contributed by atoms with Crippen molar-refractivity contribution in [2.45, 2.75) is 38.1 Å². The molecule has 2 nitrogen and oxygen atoms in total. The Labute approximate surface area is 117 Å². The Hall–Kier alpha value is -0.860. The lowest BCUT2D eigenvalue weighted by Gasteiger charge is -2.28. The molecule has 2 aliphatic carbocycles. The van der Waals surface area contributed by atoms with E-state index in [1.807, 2.05) is 0 Å². The zero-order chi connectivity index (χ0) is 13.1. The van der Waals surface area contributed by atoms with E-state index in [9.17, 15) is 0 Å². The minimum Gasteiger partial charge on any atom is -0.313 e. The fourth-order valence-electron chi connectivity index (χ4n) is 3.21. The first-order valence-corrected chi connectivity index (χ1v) is 7.80. The Morgan fingerprint density at radius 2 is 1.95 bits per heavy atom. The summed E-state index contributed by atoms with van der Waals surface area (Å²) in [5.41, 5.74) is 3.17. The second-order valence-electron chi connectivity index (χ2n) is 6.37. The molecule has 1 aromatic rings. The summed E-state index contributed by atoms with van der Waals surface area (Å²) in [6, 6.07) is 9.82. The number of aryl methyl sites for hydroxylation is 1. The van der Waals surface area contributed by atoms with Crippen LogP contribution in [0, 0.1) is 5.92 Å². The number of hydrogen-bond acceptors (Lipinski definition) is 2. The van der Waals surface area contributed by atoms with Crippen molar-refractivity contribution in [2.24, 2.45) is 5.92 Å². The van der Waals surface area contributed by atoms with Gasteiger partial charge in [0.15, 0.2) is 0 Å². The van der Waals surface area contributed by atoms with Gasteiger partial charge in [-0.05, 0) is 56.2 Å². The highest BCUT2D eigenvalue weighted by atomic mass is 15.1. The fraction of sp³-hybridized carbons (Fsp3) is 0.647. The lowest BCUT2D eigenvalue weighted by Crippen LogP contribution is -2.35. The fourth-order valence-corrected chi connectivity index (χ4v) is 3.21. The molecule has 0 amide bonds. The highest BCUT2D eigenvalue weighted by Gasteiger charge is 2.21. The maximum atomic E-state index is 3.60. The predicted octanol–water partition coefficient (Wildman–Crippen LogP) is 2.48. The second-order valence-corrected chi connectivity index (χ2v) is 6.37. The predicted molar refractivity (Wildman–Crippen MR) is 80.5 cm³/mol. The number of fused-ring (bicyclic) bond motifs is 1. The molecule has 0 radical (unpaired) electrons. The minimum absolute atomic E-state index is 0.843. The molecule has 104 valence electrons. The summed E-state index contributed by atoms with van der Waals surface area (Å²) >= 11 is 0. The molecule has 1 saturated carbocycles. The first-order valence-electron chi connectivity index (χ1n) is 7.80. The molecule has 3 rings (SSSR count). The van der Waals surface area contributed by atoms with Crippen molar-refractivity contribution in [3.05, 3.63) is 35.4 Å². The highest BCUT2D eigenvalue weighted by molar-refractivity contribution is 5.29. The van der Waals surface area contributed by atoms with E-state index in [1.165, 1.54) is 45.2 Å². The van der Waals surface area contributed by atoms with E-state index in [2.05, 4.69) is 41.5 Å². The van der Waals surface area contributed by atoms with Crippen LogP contribution in [0.4, 0.5) is 0 Å². The second kappa shape index (κ2) is 6.06. The summed E-state index contributed by atoms with van der Waals surface area (Å²) in [4.78, 5) is 2.51. The van der Waals surface area contributed by atoms with Crippen LogP contribution < -0.4 is 5.32 Å². The van der Waals surface area contributed by atoms with Crippen LogP contribution in [0.15, 0.2) is 24.3 Å². The van der Waals surface area contributed by atoms with Crippen LogP contribution in [-0.2, 0) is 12.8 Å². The maximum Gasteiger partial charge on any atom is 0.0104 e. The van der Waals surface area contributed by atoms with E-state index < -0.39 is 0 Å². The number of nitrogens with one attached hydrogen (secondary N) is 1. The van der Waals surface area contributed by atoms with Gasteiger partial charge in [0.1, 0.15) is 0 Å². The molecule has 1 aromatic carbocycles. The molecular formula is C17H26N2. The number of hydrogen-bond donors (Lipinski definition) is 1. The van der Waals surface area contributed by atoms with Gasteiger partial charge < -0.3 is 10.2 Å². The largest absolute Gasteiger partial charge is 0.313 e. The summed E-state index contributed by atoms with van der Waals surface area (Å²) < 4.78 is 0. The van der Waals surface area contributed by atoms with Gasteiger partial charge in [-0.2, -0.15) is 0 Å². The third-order valence-corrected chi connectivity index (χ3v) is 4.52. The van der Waals surface area contributed by atoms with Crippen molar-refractivity contribution >= 4 is 0 Å². The topological polar surface area (TPSA) is 15.3 Å².